The van der Waals surface area contributed by atoms with Gasteiger partial charge in [-0.3, -0.25) is 4.79 Å². The Kier molecular flexibility index (Phi) is 3.09. The van der Waals surface area contributed by atoms with Crippen molar-refractivity contribution in [3.8, 4) is 0 Å². The minimum atomic E-state index is -0.238. The lowest BCUT2D eigenvalue weighted by Gasteiger charge is -2.06. The molecule has 1 aliphatic carbocycles. The van der Waals surface area contributed by atoms with Crippen LogP contribution in [0.25, 0.3) is 0 Å². The average Bonchev–Trinajstić information content (AvgIpc) is 3.06. The smallest absolute Gasteiger partial charge is 0.291 e. The first-order valence-electron chi connectivity index (χ1n) is 6.48. The zero-order valence-electron chi connectivity index (χ0n) is 10.6. The molecule has 0 unspecified atom stereocenters. The van der Waals surface area contributed by atoms with Crippen LogP contribution in [0, 0.1) is 0 Å². The lowest BCUT2D eigenvalue weighted by Crippen LogP contribution is -2.11. The van der Waals surface area contributed by atoms with Gasteiger partial charge in [0.1, 0.15) is 5.76 Å². The molecule has 2 aromatic rings. The van der Waals surface area contributed by atoms with Gasteiger partial charge in [0.25, 0.3) is 5.91 Å². The Bertz CT molecular complexity index is 616. The average molecular weight is 256 g/mol. The largest absolute Gasteiger partial charge is 0.455 e. The third kappa shape index (κ3) is 2.39. The molecule has 0 fully saturated rings. The van der Waals surface area contributed by atoms with Crippen LogP contribution in [0.2, 0.25) is 0 Å². The molecule has 98 valence electrons. The number of rotatable bonds is 3. The summed E-state index contributed by atoms with van der Waals surface area (Å²) in [6, 6.07) is 9.44. The number of anilines is 1. The molecular weight excluding hydrogens is 240 g/mol. The Labute approximate surface area is 111 Å². The minimum Gasteiger partial charge on any atom is -0.455 e. The van der Waals surface area contributed by atoms with Gasteiger partial charge in [-0.2, -0.15) is 0 Å². The second kappa shape index (κ2) is 4.90. The number of aryl methyl sites for hydroxylation is 2. The molecule has 1 aromatic carbocycles. The highest BCUT2D eigenvalue weighted by Gasteiger charge is 2.14. The third-order valence-corrected chi connectivity index (χ3v) is 3.44. The lowest BCUT2D eigenvalue weighted by molar-refractivity contribution is 0.0995. The Morgan fingerprint density at radius 3 is 2.84 bits per heavy atom. The number of benzene rings is 1. The van der Waals surface area contributed by atoms with Gasteiger partial charge >= 0.3 is 0 Å². The van der Waals surface area contributed by atoms with Gasteiger partial charge in [-0.05, 0) is 54.7 Å². The number of hydrogen-bond donors (Lipinski definition) is 2. The third-order valence-electron chi connectivity index (χ3n) is 3.44. The van der Waals surface area contributed by atoms with Crippen molar-refractivity contribution in [1.29, 1.82) is 0 Å². The van der Waals surface area contributed by atoms with Crippen LogP contribution in [0.3, 0.4) is 0 Å². The topological polar surface area (TPSA) is 68.3 Å². The van der Waals surface area contributed by atoms with E-state index in [1.807, 2.05) is 12.1 Å². The molecule has 4 heteroatoms. The first kappa shape index (κ1) is 12.0. The van der Waals surface area contributed by atoms with Crippen molar-refractivity contribution in [2.75, 3.05) is 5.32 Å². The van der Waals surface area contributed by atoms with E-state index in [4.69, 9.17) is 10.2 Å². The first-order chi connectivity index (χ1) is 9.26. The summed E-state index contributed by atoms with van der Waals surface area (Å²) < 4.78 is 5.32. The highest BCUT2D eigenvalue weighted by Crippen LogP contribution is 2.25. The van der Waals surface area contributed by atoms with Gasteiger partial charge in [0.05, 0.1) is 6.54 Å². The summed E-state index contributed by atoms with van der Waals surface area (Å²) in [6.45, 7) is 0.298. The Morgan fingerprint density at radius 2 is 2.05 bits per heavy atom. The Balaban J connectivity index is 1.75. The fourth-order valence-electron chi connectivity index (χ4n) is 2.45. The van der Waals surface area contributed by atoms with E-state index < -0.39 is 0 Å². The number of nitrogens with one attached hydrogen (secondary N) is 1. The second-order valence-electron chi connectivity index (χ2n) is 4.76. The van der Waals surface area contributed by atoms with Crippen LogP contribution >= 0.6 is 0 Å². The molecule has 3 rings (SSSR count). The van der Waals surface area contributed by atoms with Crippen molar-refractivity contribution in [3.63, 3.8) is 0 Å². The van der Waals surface area contributed by atoms with Gasteiger partial charge in [0.15, 0.2) is 5.76 Å². The number of carbonyl (C=O) groups excluding carboxylic acids is 1. The van der Waals surface area contributed by atoms with E-state index in [2.05, 4.69) is 11.4 Å². The lowest BCUT2D eigenvalue weighted by atomic mass is 10.1. The molecule has 0 spiro atoms. The van der Waals surface area contributed by atoms with Crippen molar-refractivity contribution in [3.05, 3.63) is 53.0 Å². The second-order valence-corrected chi connectivity index (χ2v) is 4.76. The zero-order valence-corrected chi connectivity index (χ0v) is 10.6. The molecule has 19 heavy (non-hydrogen) atoms. The highest BCUT2D eigenvalue weighted by molar-refractivity contribution is 6.02. The first-order valence-corrected chi connectivity index (χ1v) is 6.48. The number of hydrogen-bond acceptors (Lipinski definition) is 3. The summed E-state index contributed by atoms with van der Waals surface area (Å²) in [4.78, 5) is 12.0. The fourth-order valence-corrected chi connectivity index (χ4v) is 2.45. The van der Waals surface area contributed by atoms with Gasteiger partial charge in [0, 0.05) is 5.69 Å². The van der Waals surface area contributed by atoms with Gasteiger partial charge < -0.3 is 15.5 Å². The molecule has 0 aliphatic heterocycles. The fraction of sp³-hybridized carbons (Fsp3) is 0.267. The zero-order chi connectivity index (χ0) is 13.2. The monoisotopic (exact) mass is 256 g/mol. The number of fused-ring (bicyclic) bond motifs is 1. The van der Waals surface area contributed by atoms with Crippen LogP contribution in [-0.4, -0.2) is 5.91 Å². The number of amides is 1. The van der Waals surface area contributed by atoms with E-state index >= 15 is 0 Å². The minimum absolute atomic E-state index is 0.238. The number of furan rings is 1. The summed E-state index contributed by atoms with van der Waals surface area (Å²) in [5.74, 6) is 0.665. The molecule has 0 atom stereocenters. The molecule has 1 aliphatic rings. The Hall–Kier alpha value is -2.07. The van der Waals surface area contributed by atoms with Crippen LogP contribution in [0.4, 0.5) is 5.69 Å². The van der Waals surface area contributed by atoms with E-state index in [0.717, 1.165) is 18.5 Å². The quantitative estimate of drug-likeness (QED) is 0.886. The van der Waals surface area contributed by atoms with E-state index in [1.165, 1.54) is 17.5 Å². The van der Waals surface area contributed by atoms with Crippen LogP contribution in [0.15, 0.2) is 34.7 Å². The van der Waals surface area contributed by atoms with Crippen molar-refractivity contribution in [2.24, 2.45) is 5.73 Å². The molecule has 1 heterocycles. The van der Waals surface area contributed by atoms with Gasteiger partial charge in [-0.1, -0.05) is 6.07 Å². The summed E-state index contributed by atoms with van der Waals surface area (Å²) in [5.41, 5.74) is 8.99. The summed E-state index contributed by atoms with van der Waals surface area (Å²) in [5, 5.41) is 2.85. The van der Waals surface area contributed by atoms with Crippen LogP contribution in [-0.2, 0) is 19.4 Å². The Morgan fingerprint density at radius 1 is 1.21 bits per heavy atom. The van der Waals surface area contributed by atoms with Crippen molar-refractivity contribution in [2.45, 2.75) is 25.8 Å². The predicted octanol–water partition coefficient (Wildman–Crippen LogP) is 2.48. The van der Waals surface area contributed by atoms with Crippen LogP contribution in [0.5, 0.6) is 0 Å². The van der Waals surface area contributed by atoms with Crippen molar-refractivity contribution >= 4 is 11.6 Å². The maximum absolute atomic E-state index is 12.0. The molecule has 0 saturated carbocycles. The molecule has 0 saturated heterocycles. The maximum atomic E-state index is 12.0. The molecular formula is C15H16N2O2. The van der Waals surface area contributed by atoms with E-state index in [-0.39, 0.29) is 5.91 Å². The van der Waals surface area contributed by atoms with Gasteiger partial charge in [0.2, 0.25) is 0 Å². The van der Waals surface area contributed by atoms with Crippen LogP contribution < -0.4 is 11.1 Å². The molecule has 0 bridgehead atoms. The number of carbonyl (C=O) groups is 1. The normalized spacial score (nSPS) is 13.3. The van der Waals surface area contributed by atoms with Crippen molar-refractivity contribution in [1.82, 2.24) is 0 Å². The van der Waals surface area contributed by atoms with Crippen molar-refractivity contribution < 1.29 is 9.21 Å². The molecule has 1 amide bonds. The van der Waals surface area contributed by atoms with Gasteiger partial charge in [-0.25, -0.2) is 0 Å². The molecule has 0 radical (unpaired) electrons. The van der Waals surface area contributed by atoms with E-state index in [9.17, 15) is 4.79 Å². The van der Waals surface area contributed by atoms with E-state index in [1.54, 1.807) is 12.1 Å². The molecule has 4 nitrogen and oxygen atoms in total. The standard InChI is InChI=1S/C15H16N2O2/c16-9-13-6-7-14(19-13)15(18)17-12-5-4-10-2-1-3-11(10)8-12/h4-8H,1-3,9,16H2,(H,17,18). The SMILES string of the molecule is NCc1ccc(C(=O)Nc2ccc3c(c2)CCC3)o1. The van der Waals surface area contributed by atoms with E-state index in [0.29, 0.717) is 18.1 Å². The summed E-state index contributed by atoms with van der Waals surface area (Å²) in [6.07, 6.45) is 3.43. The summed E-state index contributed by atoms with van der Waals surface area (Å²) >= 11 is 0. The van der Waals surface area contributed by atoms with Gasteiger partial charge in [-0.15, -0.1) is 0 Å². The predicted molar refractivity (Wildman–Crippen MR) is 73.0 cm³/mol. The number of nitrogens with two attached hydrogens (primary N) is 1. The summed E-state index contributed by atoms with van der Waals surface area (Å²) in [7, 11) is 0. The maximum Gasteiger partial charge on any atom is 0.291 e. The van der Waals surface area contributed by atoms with Crippen LogP contribution in [0.1, 0.15) is 33.9 Å². The highest BCUT2D eigenvalue weighted by atomic mass is 16.4. The molecule has 1 aromatic heterocycles. The molecule has 3 N–H and O–H groups in total.